The smallest absolute Gasteiger partial charge is 0.319 e. The maximum atomic E-state index is 12.2. The van der Waals surface area contributed by atoms with E-state index in [0.717, 1.165) is 79.6 Å². The molecule has 0 spiro atoms. The summed E-state index contributed by atoms with van der Waals surface area (Å²) in [4.78, 5) is 14.6. The number of amides is 2. The van der Waals surface area contributed by atoms with Crippen LogP contribution in [0.4, 0.5) is 21.9 Å². The Labute approximate surface area is 200 Å². The molecule has 2 aromatic carbocycles. The summed E-state index contributed by atoms with van der Waals surface area (Å²) >= 11 is 0. The normalized spacial score (nSPS) is 18.6. The molecule has 1 aliphatic heterocycles. The minimum atomic E-state index is -0.129. The second kappa shape index (κ2) is 8.87. The molecule has 7 nitrogen and oxygen atoms in total. The number of hydrogen-bond donors (Lipinski definition) is 3. The summed E-state index contributed by atoms with van der Waals surface area (Å²) < 4.78 is 7.95. The van der Waals surface area contributed by atoms with Gasteiger partial charge in [-0.1, -0.05) is 12.1 Å². The number of urea groups is 1. The lowest BCUT2D eigenvalue weighted by molar-refractivity contribution is 0.122. The van der Waals surface area contributed by atoms with E-state index in [0.29, 0.717) is 6.04 Å². The van der Waals surface area contributed by atoms with Crippen molar-refractivity contribution in [3.8, 4) is 11.3 Å². The first-order valence-corrected chi connectivity index (χ1v) is 12.6. The molecule has 178 valence electrons. The fourth-order valence-corrected chi connectivity index (χ4v) is 5.06. The van der Waals surface area contributed by atoms with E-state index >= 15 is 0 Å². The van der Waals surface area contributed by atoms with E-state index in [2.05, 4.69) is 50.4 Å². The van der Waals surface area contributed by atoms with Crippen LogP contribution in [-0.4, -0.2) is 42.9 Å². The van der Waals surface area contributed by atoms with Crippen molar-refractivity contribution >= 4 is 34.0 Å². The zero-order chi connectivity index (χ0) is 23.1. The van der Waals surface area contributed by atoms with Gasteiger partial charge in [0, 0.05) is 48.0 Å². The number of nitrogen functional groups attached to an aromatic ring is 1. The van der Waals surface area contributed by atoms with Gasteiger partial charge >= 0.3 is 6.03 Å². The van der Waals surface area contributed by atoms with Crippen molar-refractivity contribution in [2.45, 2.75) is 44.7 Å². The molecule has 1 saturated heterocycles. The van der Waals surface area contributed by atoms with E-state index in [1.807, 2.05) is 12.1 Å². The zero-order valence-electron chi connectivity index (χ0n) is 19.6. The van der Waals surface area contributed by atoms with Gasteiger partial charge < -0.3 is 30.6 Å². The second-order valence-electron chi connectivity index (χ2n) is 9.92. The van der Waals surface area contributed by atoms with Crippen molar-refractivity contribution in [1.82, 2.24) is 9.88 Å². The Bertz CT molecular complexity index is 1190. The molecule has 2 amide bonds. The van der Waals surface area contributed by atoms with E-state index in [9.17, 15) is 4.79 Å². The summed E-state index contributed by atoms with van der Waals surface area (Å²) in [6.45, 7) is 4.36. The lowest BCUT2D eigenvalue weighted by Crippen LogP contribution is -2.41. The molecule has 6 rings (SSSR count). The van der Waals surface area contributed by atoms with Crippen molar-refractivity contribution < 1.29 is 9.53 Å². The molecule has 0 radical (unpaired) electrons. The molecule has 3 aliphatic rings. The highest BCUT2D eigenvalue weighted by Crippen LogP contribution is 2.41. The Morgan fingerprint density at radius 3 is 2.47 bits per heavy atom. The number of benzene rings is 2. The van der Waals surface area contributed by atoms with Crippen LogP contribution in [0, 0.1) is 5.92 Å². The van der Waals surface area contributed by atoms with E-state index in [1.54, 1.807) is 0 Å². The van der Waals surface area contributed by atoms with Crippen LogP contribution >= 0.6 is 0 Å². The molecule has 34 heavy (non-hydrogen) atoms. The van der Waals surface area contributed by atoms with Gasteiger partial charge in [-0.3, -0.25) is 0 Å². The summed E-state index contributed by atoms with van der Waals surface area (Å²) in [5.41, 5.74) is 13.0. The standard InChI is InChI=1S/C27H33N5O2/c28-25-23-11-10-22(31-12-14-34-15-13-31)16-24(23)32(17-18-4-5-18)26(25)19-6-8-21(9-7-19)30-27(33)29-20-2-1-3-20/h6-11,16,18,20H,1-5,12-15,17,28H2,(H2,29,30,33). The van der Waals surface area contributed by atoms with Crippen LogP contribution in [0.3, 0.4) is 0 Å². The Balaban J connectivity index is 1.31. The molecule has 2 aliphatic carbocycles. The average Bonchev–Trinajstić information content (AvgIpc) is 3.62. The van der Waals surface area contributed by atoms with Gasteiger partial charge in [0.25, 0.3) is 0 Å². The van der Waals surface area contributed by atoms with Crippen molar-refractivity contribution in [2.24, 2.45) is 5.92 Å². The Morgan fingerprint density at radius 2 is 1.79 bits per heavy atom. The highest BCUT2D eigenvalue weighted by molar-refractivity contribution is 6.02. The number of rotatable bonds is 6. The van der Waals surface area contributed by atoms with Crippen LogP contribution in [0.1, 0.15) is 32.1 Å². The first-order chi connectivity index (χ1) is 16.7. The Morgan fingerprint density at radius 1 is 1.03 bits per heavy atom. The number of morpholine rings is 1. The van der Waals surface area contributed by atoms with E-state index in [4.69, 9.17) is 10.5 Å². The number of fused-ring (bicyclic) bond motifs is 1. The maximum absolute atomic E-state index is 12.2. The number of anilines is 3. The van der Waals surface area contributed by atoms with Crippen LogP contribution in [0.5, 0.6) is 0 Å². The summed E-state index contributed by atoms with van der Waals surface area (Å²) in [6.07, 6.45) is 5.90. The lowest BCUT2D eigenvalue weighted by atomic mass is 9.93. The molecule has 4 N–H and O–H groups in total. The molecule has 1 aromatic heterocycles. The molecule has 2 heterocycles. The van der Waals surface area contributed by atoms with Crippen molar-refractivity contribution in [2.75, 3.05) is 42.3 Å². The van der Waals surface area contributed by atoms with Gasteiger partial charge in [-0.25, -0.2) is 4.79 Å². The Kier molecular flexibility index (Phi) is 5.57. The van der Waals surface area contributed by atoms with Gasteiger partial charge in [-0.05, 0) is 68.4 Å². The fraction of sp³-hybridized carbons (Fsp3) is 0.444. The van der Waals surface area contributed by atoms with Crippen molar-refractivity contribution in [3.05, 3.63) is 42.5 Å². The van der Waals surface area contributed by atoms with E-state index in [1.165, 1.54) is 30.5 Å². The molecule has 0 bridgehead atoms. The molecule has 2 saturated carbocycles. The molecular formula is C27H33N5O2. The number of aromatic nitrogens is 1. The van der Waals surface area contributed by atoms with Crippen LogP contribution in [0.15, 0.2) is 42.5 Å². The van der Waals surface area contributed by atoms with Crippen LogP contribution in [0.25, 0.3) is 22.2 Å². The first kappa shape index (κ1) is 21.4. The van der Waals surface area contributed by atoms with E-state index in [-0.39, 0.29) is 6.03 Å². The molecule has 3 aromatic rings. The molecule has 3 fully saturated rings. The largest absolute Gasteiger partial charge is 0.396 e. The summed E-state index contributed by atoms with van der Waals surface area (Å²) in [7, 11) is 0. The number of hydrogen-bond acceptors (Lipinski definition) is 4. The number of carbonyl (C=O) groups excluding carboxylic acids is 1. The second-order valence-corrected chi connectivity index (χ2v) is 9.92. The maximum Gasteiger partial charge on any atom is 0.319 e. The summed E-state index contributed by atoms with van der Waals surface area (Å²) in [5, 5.41) is 7.09. The van der Waals surface area contributed by atoms with Crippen LogP contribution in [0.2, 0.25) is 0 Å². The highest BCUT2D eigenvalue weighted by atomic mass is 16.5. The van der Waals surface area contributed by atoms with Gasteiger partial charge in [-0.15, -0.1) is 0 Å². The molecule has 0 unspecified atom stereocenters. The number of ether oxygens (including phenoxy) is 1. The third kappa shape index (κ3) is 4.20. The minimum absolute atomic E-state index is 0.129. The summed E-state index contributed by atoms with van der Waals surface area (Å²) in [5.74, 6) is 0.719. The SMILES string of the molecule is Nc1c(-c2ccc(NC(=O)NC3CCC3)cc2)n(CC2CC2)c2cc(N3CCOCC3)ccc12. The number of carbonyl (C=O) groups is 1. The van der Waals surface area contributed by atoms with Gasteiger partial charge in [0.1, 0.15) is 0 Å². The van der Waals surface area contributed by atoms with Crippen LogP contribution in [-0.2, 0) is 11.3 Å². The third-order valence-corrected chi connectivity index (χ3v) is 7.46. The fourth-order valence-electron chi connectivity index (χ4n) is 5.06. The van der Waals surface area contributed by atoms with Gasteiger partial charge in [0.2, 0.25) is 0 Å². The lowest BCUT2D eigenvalue weighted by Gasteiger charge is -2.29. The molecule has 0 atom stereocenters. The highest BCUT2D eigenvalue weighted by Gasteiger charge is 2.26. The van der Waals surface area contributed by atoms with Gasteiger partial charge in [0.15, 0.2) is 0 Å². The number of nitrogens with one attached hydrogen (secondary N) is 2. The van der Waals surface area contributed by atoms with Crippen LogP contribution < -0.4 is 21.3 Å². The van der Waals surface area contributed by atoms with Crippen molar-refractivity contribution in [3.63, 3.8) is 0 Å². The topological polar surface area (TPSA) is 84.5 Å². The van der Waals surface area contributed by atoms with Crippen molar-refractivity contribution in [1.29, 1.82) is 0 Å². The third-order valence-electron chi connectivity index (χ3n) is 7.46. The number of nitrogens with zero attached hydrogens (tertiary/aromatic N) is 2. The summed E-state index contributed by atoms with van der Waals surface area (Å²) in [6, 6.07) is 14.9. The monoisotopic (exact) mass is 459 g/mol. The molecule has 7 heteroatoms. The first-order valence-electron chi connectivity index (χ1n) is 12.6. The average molecular weight is 460 g/mol. The van der Waals surface area contributed by atoms with Gasteiger partial charge in [0.05, 0.1) is 30.1 Å². The minimum Gasteiger partial charge on any atom is -0.396 e. The quantitative estimate of drug-likeness (QED) is 0.494. The zero-order valence-corrected chi connectivity index (χ0v) is 19.6. The Hall–Kier alpha value is -3.19. The predicted octanol–water partition coefficient (Wildman–Crippen LogP) is 4.81. The number of nitrogens with two attached hydrogens (primary N) is 1. The predicted molar refractivity (Wildman–Crippen MR) is 137 cm³/mol. The molecular weight excluding hydrogens is 426 g/mol. The van der Waals surface area contributed by atoms with Gasteiger partial charge in [-0.2, -0.15) is 0 Å². The van der Waals surface area contributed by atoms with E-state index < -0.39 is 0 Å².